The number of hydrogen-bond donors (Lipinski definition) is 0. The molecule has 0 fully saturated rings. The highest BCUT2D eigenvalue weighted by molar-refractivity contribution is 5.72. The number of rotatable bonds is 7. The summed E-state index contributed by atoms with van der Waals surface area (Å²) in [6, 6.07) is 20.5. The van der Waals surface area contributed by atoms with Crippen LogP contribution in [-0.2, 0) is 11.4 Å². The van der Waals surface area contributed by atoms with Gasteiger partial charge in [0.15, 0.2) is 5.75 Å². The Labute approximate surface area is 152 Å². The Morgan fingerprint density at radius 1 is 0.962 bits per heavy atom. The standard InChI is InChI=1S/C21H19NO4/c1-2-20(23)26-19-12-7-13-22-21(19)25-18-11-6-10-17(14-18)24-15-16-8-4-3-5-9-16/h3-14H,2,15H2,1H3. The molecular weight excluding hydrogens is 330 g/mol. The molecule has 3 rings (SSSR count). The second-order valence-electron chi connectivity index (χ2n) is 5.49. The van der Waals surface area contributed by atoms with E-state index in [1.165, 1.54) is 0 Å². The zero-order valence-corrected chi connectivity index (χ0v) is 14.4. The fraction of sp³-hybridized carbons (Fsp3) is 0.143. The van der Waals surface area contributed by atoms with Crippen molar-refractivity contribution in [3.8, 4) is 23.1 Å². The Morgan fingerprint density at radius 2 is 1.77 bits per heavy atom. The zero-order chi connectivity index (χ0) is 18.2. The van der Waals surface area contributed by atoms with Gasteiger partial charge in [-0.05, 0) is 29.8 Å². The van der Waals surface area contributed by atoms with Gasteiger partial charge < -0.3 is 14.2 Å². The summed E-state index contributed by atoms with van der Waals surface area (Å²) in [4.78, 5) is 15.7. The summed E-state index contributed by atoms with van der Waals surface area (Å²) in [5.74, 6) is 1.39. The maximum Gasteiger partial charge on any atom is 0.311 e. The highest BCUT2D eigenvalue weighted by Crippen LogP contribution is 2.31. The molecule has 0 amide bonds. The van der Waals surface area contributed by atoms with Gasteiger partial charge in [0.05, 0.1) is 0 Å². The van der Waals surface area contributed by atoms with E-state index in [1.807, 2.05) is 42.5 Å². The molecule has 3 aromatic rings. The highest BCUT2D eigenvalue weighted by Gasteiger charge is 2.11. The van der Waals surface area contributed by atoms with Crippen molar-refractivity contribution in [2.45, 2.75) is 20.0 Å². The van der Waals surface area contributed by atoms with E-state index in [-0.39, 0.29) is 24.0 Å². The molecule has 2 aromatic carbocycles. The van der Waals surface area contributed by atoms with E-state index in [2.05, 4.69) is 4.98 Å². The summed E-state index contributed by atoms with van der Waals surface area (Å²) in [5, 5.41) is 0. The van der Waals surface area contributed by atoms with Crippen molar-refractivity contribution in [2.75, 3.05) is 0 Å². The molecule has 0 radical (unpaired) electrons. The number of hydrogen-bond acceptors (Lipinski definition) is 5. The Balaban J connectivity index is 1.70. The number of benzene rings is 2. The summed E-state index contributed by atoms with van der Waals surface area (Å²) in [6.07, 6.45) is 1.85. The molecule has 0 aliphatic heterocycles. The number of carbonyl (C=O) groups is 1. The van der Waals surface area contributed by atoms with Crippen molar-refractivity contribution in [1.82, 2.24) is 4.98 Å². The van der Waals surface area contributed by atoms with Crippen LogP contribution in [0.4, 0.5) is 0 Å². The minimum absolute atomic E-state index is 0.231. The zero-order valence-electron chi connectivity index (χ0n) is 14.4. The molecule has 0 aliphatic rings. The summed E-state index contributed by atoms with van der Waals surface area (Å²) < 4.78 is 16.8. The Bertz CT molecular complexity index is 865. The van der Waals surface area contributed by atoms with Gasteiger partial charge in [-0.15, -0.1) is 0 Å². The molecule has 0 atom stereocenters. The van der Waals surface area contributed by atoms with Gasteiger partial charge in [0.1, 0.15) is 18.1 Å². The number of ether oxygens (including phenoxy) is 3. The van der Waals surface area contributed by atoms with Crippen molar-refractivity contribution in [1.29, 1.82) is 0 Å². The number of aromatic nitrogens is 1. The lowest BCUT2D eigenvalue weighted by atomic mass is 10.2. The van der Waals surface area contributed by atoms with Crippen LogP contribution in [0.2, 0.25) is 0 Å². The lowest BCUT2D eigenvalue weighted by Crippen LogP contribution is -2.07. The molecular formula is C21H19NO4. The second-order valence-corrected chi connectivity index (χ2v) is 5.49. The van der Waals surface area contributed by atoms with Crippen molar-refractivity contribution >= 4 is 5.97 Å². The summed E-state index contributed by atoms with van der Waals surface area (Å²) >= 11 is 0. The van der Waals surface area contributed by atoms with Crippen molar-refractivity contribution in [3.05, 3.63) is 78.5 Å². The molecule has 0 spiro atoms. The first-order valence-corrected chi connectivity index (χ1v) is 8.35. The predicted molar refractivity (Wildman–Crippen MR) is 97.5 cm³/mol. The normalized spacial score (nSPS) is 10.2. The van der Waals surface area contributed by atoms with Crippen LogP contribution in [0.1, 0.15) is 18.9 Å². The minimum Gasteiger partial charge on any atom is -0.489 e. The molecule has 132 valence electrons. The van der Waals surface area contributed by atoms with Crippen LogP contribution in [0, 0.1) is 0 Å². The van der Waals surface area contributed by atoms with Crippen molar-refractivity contribution in [2.24, 2.45) is 0 Å². The number of carbonyl (C=O) groups excluding carboxylic acids is 1. The second kappa shape index (κ2) is 8.67. The molecule has 0 unspecified atom stereocenters. The molecule has 5 nitrogen and oxygen atoms in total. The van der Waals surface area contributed by atoms with Crippen molar-refractivity contribution < 1.29 is 19.0 Å². The minimum atomic E-state index is -0.345. The van der Waals surface area contributed by atoms with Crippen LogP contribution in [0.25, 0.3) is 0 Å². The third kappa shape index (κ3) is 4.83. The van der Waals surface area contributed by atoms with E-state index >= 15 is 0 Å². The highest BCUT2D eigenvalue weighted by atomic mass is 16.6. The van der Waals surface area contributed by atoms with E-state index < -0.39 is 0 Å². The number of esters is 1. The van der Waals surface area contributed by atoms with Crippen molar-refractivity contribution in [3.63, 3.8) is 0 Å². The summed E-state index contributed by atoms with van der Waals surface area (Å²) in [5.41, 5.74) is 1.08. The Kier molecular flexibility index (Phi) is 5.83. The van der Waals surface area contributed by atoms with Crippen LogP contribution in [0.3, 0.4) is 0 Å². The van der Waals surface area contributed by atoms with E-state index in [1.54, 1.807) is 37.4 Å². The Hall–Kier alpha value is -3.34. The first-order valence-electron chi connectivity index (χ1n) is 8.35. The van der Waals surface area contributed by atoms with E-state index in [0.717, 1.165) is 5.56 Å². The number of pyridine rings is 1. The van der Waals surface area contributed by atoms with Gasteiger partial charge in [-0.25, -0.2) is 4.98 Å². The molecule has 0 saturated carbocycles. The monoisotopic (exact) mass is 349 g/mol. The van der Waals surface area contributed by atoms with E-state index in [9.17, 15) is 4.79 Å². The van der Waals surface area contributed by atoms with Crippen LogP contribution in [0.15, 0.2) is 72.9 Å². The average molecular weight is 349 g/mol. The van der Waals surface area contributed by atoms with Gasteiger partial charge in [0.2, 0.25) is 0 Å². The van der Waals surface area contributed by atoms with Gasteiger partial charge in [-0.3, -0.25) is 4.79 Å². The van der Waals surface area contributed by atoms with Crippen LogP contribution in [-0.4, -0.2) is 11.0 Å². The largest absolute Gasteiger partial charge is 0.489 e. The maximum absolute atomic E-state index is 11.5. The molecule has 26 heavy (non-hydrogen) atoms. The molecule has 5 heteroatoms. The van der Waals surface area contributed by atoms with Crippen LogP contribution in [0.5, 0.6) is 23.1 Å². The number of nitrogens with zero attached hydrogens (tertiary/aromatic N) is 1. The van der Waals surface area contributed by atoms with E-state index in [0.29, 0.717) is 18.1 Å². The van der Waals surface area contributed by atoms with Crippen LogP contribution < -0.4 is 14.2 Å². The fourth-order valence-electron chi connectivity index (χ4n) is 2.21. The SMILES string of the molecule is CCC(=O)Oc1cccnc1Oc1cccc(OCc2ccccc2)c1. The third-order valence-corrected chi connectivity index (χ3v) is 3.52. The van der Waals surface area contributed by atoms with Gasteiger partial charge in [-0.1, -0.05) is 43.3 Å². The van der Waals surface area contributed by atoms with E-state index in [4.69, 9.17) is 14.2 Å². The van der Waals surface area contributed by atoms with Crippen LogP contribution >= 0.6 is 0 Å². The average Bonchev–Trinajstić information content (AvgIpc) is 2.69. The molecule has 1 aromatic heterocycles. The third-order valence-electron chi connectivity index (χ3n) is 3.52. The molecule has 0 bridgehead atoms. The molecule has 1 heterocycles. The first-order chi connectivity index (χ1) is 12.7. The smallest absolute Gasteiger partial charge is 0.311 e. The molecule has 0 N–H and O–H groups in total. The lowest BCUT2D eigenvalue weighted by molar-refractivity contribution is -0.134. The first kappa shape index (κ1) is 17.5. The Morgan fingerprint density at radius 3 is 2.58 bits per heavy atom. The van der Waals surface area contributed by atoms with Gasteiger partial charge in [-0.2, -0.15) is 0 Å². The molecule has 0 aliphatic carbocycles. The summed E-state index contributed by atoms with van der Waals surface area (Å²) in [7, 11) is 0. The van der Waals surface area contributed by atoms with Gasteiger partial charge in [0.25, 0.3) is 5.88 Å². The fourth-order valence-corrected chi connectivity index (χ4v) is 2.21. The maximum atomic E-state index is 11.5. The molecule has 0 saturated heterocycles. The topological polar surface area (TPSA) is 57.7 Å². The lowest BCUT2D eigenvalue weighted by Gasteiger charge is -2.11. The van der Waals surface area contributed by atoms with Gasteiger partial charge >= 0.3 is 5.97 Å². The quantitative estimate of drug-likeness (QED) is 0.575. The predicted octanol–water partition coefficient (Wildman–Crippen LogP) is 4.77. The summed E-state index contributed by atoms with van der Waals surface area (Å²) in [6.45, 7) is 2.19. The van der Waals surface area contributed by atoms with Gasteiger partial charge in [0, 0.05) is 18.7 Å².